The van der Waals surface area contributed by atoms with Crippen molar-refractivity contribution in [3.8, 4) is 0 Å². The Balaban J connectivity index is 1.82. The summed E-state index contributed by atoms with van der Waals surface area (Å²) in [5.41, 5.74) is 1.59. The van der Waals surface area contributed by atoms with E-state index in [1.807, 2.05) is 19.1 Å². The molecule has 0 radical (unpaired) electrons. The van der Waals surface area contributed by atoms with Crippen LogP contribution in [0.25, 0.3) is 0 Å². The molecule has 98 valence electrons. The fourth-order valence-corrected chi connectivity index (χ4v) is 2.44. The van der Waals surface area contributed by atoms with Crippen molar-refractivity contribution in [1.82, 2.24) is 4.98 Å². The van der Waals surface area contributed by atoms with Crippen LogP contribution in [0.5, 0.6) is 0 Å². The van der Waals surface area contributed by atoms with Crippen molar-refractivity contribution in [2.75, 3.05) is 11.9 Å². The highest BCUT2D eigenvalue weighted by Gasteiger charge is 2.16. The van der Waals surface area contributed by atoms with Crippen LogP contribution in [-0.2, 0) is 9.53 Å². The van der Waals surface area contributed by atoms with Crippen molar-refractivity contribution >= 4 is 27.5 Å². The summed E-state index contributed by atoms with van der Waals surface area (Å²) in [5.74, 6) is 0.0257. The molecule has 1 amide bonds. The van der Waals surface area contributed by atoms with Gasteiger partial charge in [-0.2, -0.15) is 0 Å². The van der Waals surface area contributed by atoms with Gasteiger partial charge >= 0.3 is 0 Å². The van der Waals surface area contributed by atoms with Crippen LogP contribution in [0.1, 0.15) is 31.4 Å². The number of rotatable bonds is 4. The SMILES string of the molecule is Cc1nc(Br)ccc1NC(=O)CCC1CCCO1. The highest BCUT2D eigenvalue weighted by Crippen LogP contribution is 2.19. The first kappa shape index (κ1) is 13.5. The Morgan fingerprint density at radius 2 is 2.44 bits per heavy atom. The maximum Gasteiger partial charge on any atom is 0.224 e. The van der Waals surface area contributed by atoms with E-state index in [2.05, 4.69) is 26.2 Å². The van der Waals surface area contributed by atoms with Crippen LogP contribution in [0.2, 0.25) is 0 Å². The second-order valence-electron chi connectivity index (χ2n) is 4.49. The molecule has 1 aliphatic rings. The van der Waals surface area contributed by atoms with Crippen LogP contribution in [0.4, 0.5) is 5.69 Å². The molecule has 1 aromatic rings. The van der Waals surface area contributed by atoms with Crippen LogP contribution in [0, 0.1) is 6.92 Å². The fraction of sp³-hybridized carbons (Fsp3) is 0.538. The minimum absolute atomic E-state index is 0.0257. The van der Waals surface area contributed by atoms with Crippen LogP contribution in [0.15, 0.2) is 16.7 Å². The lowest BCUT2D eigenvalue weighted by Crippen LogP contribution is -2.16. The highest BCUT2D eigenvalue weighted by molar-refractivity contribution is 9.10. The van der Waals surface area contributed by atoms with Gasteiger partial charge in [-0.1, -0.05) is 0 Å². The van der Waals surface area contributed by atoms with Gasteiger partial charge in [0.25, 0.3) is 0 Å². The van der Waals surface area contributed by atoms with Crippen molar-refractivity contribution < 1.29 is 9.53 Å². The van der Waals surface area contributed by atoms with E-state index >= 15 is 0 Å². The molecule has 1 N–H and O–H groups in total. The third-order valence-electron chi connectivity index (χ3n) is 3.04. The average molecular weight is 313 g/mol. The number of carbonyl (C=O) groups is 1. The first-order valence-electron chi connectivity index (χ1n) is 6.20. The van der Waals surface area contributed by atoms with Gasteiger partial charge in [0.05, 0.1) is 17.5 Å². The van der Waals surface area contributed by atoms with Gasteiger partial charge in [0.2, 0.25) is 5.91 Å². The monoisotopic (exact) mass is 312 g/mol. The van der Waals surface area contributed by atoms with Crippen molar-refractivity contribution in [1.29, 1.82) is 0 Å². The predicted molar refractivity (Wildman–Crippen MR) is 73.5 cm³/mol. The summed E-state index contributed by atoms with van der Waals surface area (Å²) in [6.07, 6.45) is 3.75. The minimum Gasteiger partial charge on any atom is -0.378 e. The average Bonchev–Trinajstić information content (AvgIpc) is 2.83. The van der Waals surface area contributed by atoms with Crippen LogP contribution in [0.3, 0.4) is 0 Å². The number of carbonyl (C=O) groups excluding carboxylic acids is 1. The molecule has 0 bridgehead atoms. The zero-order chi connectivity index (χ0) is 13.0. The predicted octanol–water partition coefficient (Wildman–Crippen LogP) is 3.05. The van der Waals surface area contributed by atoms with Gasteiger partial charge in [-0.3, -0.25) is 4.79 Å². The molecule has 4 nitrogen and oxygen atoms in total. The standard InChI is InChI=1S/C13H17BrN2O2/c1-9-11(5-6-12(14)15-9)16-13(17)7-4-10-3-2-8-18-10/h5-6,10H,2-4,7-8H2,1H3,(H,16,17). The molecular weight excluding hydrogens is 296 g/mol. The van der Waals surface area contributed by atoms with Gasteiger partial charge in [-0.15, -0.1) is 0 Å². The molecule has 2 heterocycles. The van der Waals surface area contributed by atoms with Gasteiger partial charge in [-0.05, 0) is 54.2 Å². The number of ether oxygens (including phenoxy) is 1. The number of halogens is 1. The third-order valence-corrected chi connectivity index (χ3v) is 3.48. The summed E-state index contributed by atoms with van der Waals surface area (Å²) in [6.45, 7) is 2.71. The Hall–Kier alpha value is -0.940. The van der Waals surface area contributed by atoms with Gasteiger partial charge in [-0.25, -0.2) is 4.98 Å². The topological polar surface area (TPSA) is 51.2 Å². The lowest BCUT2D eigenvalue weighted by molar-refractivity contribution is -0.116. The van der Waals surface area contributed by atoms with Crippen LogP contribution >= 0.6 is 15.9 Å². The lowest BCUT2D eigenvalue weighted by Gasteiger charge is -2.10. The summed E-state index contributed by atoms with van der Waals surface area (Å²) in [6, 6.07) is 3.68. The fourth-order valence-electron chi connectivity index (χ4n) is 2.04. The molecule has 18 heavy (non-hydrogen) atoms. The Kier molecular flexibility index (Phi) is 4.72. The molecule has 1 saturated heterocycles. The number of nitrogens with one attached hydrogen (secondary N) is 1. The number of hydrogen-bond acceptors (Lipinski definition) is 3. The van der Waals surface area contributed by atoms with Gasteiger partial charge in [0.15, 0.2) is 0 Å². The zero-order valence-electron chi connectivity index (χ0n) is 10.4. The van der Waals surface area contributed by atoms with Gasteiger partial charge < -0.3 is 10.1 Å². The molecule has 1 unspecified atom stereocenters. The van der Waals surface area contributed by atoms with E-state index < -0.39 is 0 Å². The maximum atomic E-state index is 11.8. The molecule has 0 spiro atoms. The molecule has 1 aliphatic heterocycles. The second kappa shape index (κ2) is 6.29. The van der Waals surface area contributed by atoms with Gasteiger partial charge in [0, 0.05) is 13.0 Å². The molecule has 0 aromatic carbocycles. The summed E-state index contributed by atoms with van der Waals surface area (Å²) in [5, 5.41) is 2.88. The number of anilines is 1. The molecular formula is C13H17BrN2O2. The molecule has 1 fully saturated rings. The quantitative estimate of drug-likeness (QED) is 0.869. The first-order valence-corrected chi connectivity index (χ1v) is 6.99. The molecule has 1 aromatic heterocycles. The summed E-state index contributed by atoms with van der Waals surface area (Å²) in [4.78, 5) is 16.0. The normalized spacial score (nSPS) is 18.9. The molecule has 1 atom stereocenters. The number of amides is 1. The third kappa shape index (κ3) is 3.78. The second-order valence-corrected chi connectivity index (χ2v) is 5.30. The Bertz CT molecular complexity index is 431. The van der Waals surface area contributed by atoms with E-state index in [-0.39, 0.29) is 12.0 Å². The molecule has 0 saturated carbocycles. The van der Waals surface area contributed by atoms with E-state index in [1.54, 1.807) is 0 Å². The van der Waals surface area contributed by atoms with E-state index in [0.717, 1.165) is 41.9 Å². The van der Waals surface area contributed by atoms with Crippen molar-refractivity contribution in [2.45, 2.75) is 38.7 Å². The van der Waals surface area contributed by atoms with Gasteiger partial charge in [0.1, 0.15) is 4.60 Å². The Morgan fingerprint density at radius 1 is 1.61 bits per heavy atom. The number of pyridine rings is 1. The highest BCUT2D eigenvalue weighted by atomic mass is 79.9. The number of hydrogen-bond donors (Lipinski definition) is 1. The van der Waals surface area contributed by atoms with E-state index in [9.17, 15) is 4.79 Å². The van der Waals surface area contributed by atoms with Crippen LogP contribution < -0.4 is 5.32 Å². The molecule has 0 aliphatic carbocycles. The van der Waals surface area contributed by atoms with Crippen molar-refractivity contribution in [3.63, 3.8) is 0 Å². The number of nitrogens with zero attached hydrogens (tertiary/aromatic N) is 1. The zero-order valence-corrected chi connectivity index (χ0v) is 12.0. The van der Waals surface area contributed by atoms with E-state index in [1.165, 1.54) is 0 Å². The lowest BCUT2D eigenvalue weighted by atomic mass is 10.1. The largest absolute Gasteiger partial charge is 0.378 e. The first-order chi connectivity index (χ1) is 8.65. The van der Waals surface area contributed by atoms with E-state index in [0.29, 0.717) is 6.42 Å². The molecule has 2 rings (SSSR count). The van der Waals surface area contributed by atoms with Crippen LogP contribution in [-0.4, -0.2) is 23.6 Å². The van der Waals surface area contributed by atoms with E-state index in [4.69, 9.17) is 4.74 Å². The Morgan fingerprint density at radius 3 is 3.11 bits per heavy atom. The number of aryl methyl sites for hydroxylation is 1. The maximum absolute atomic E-state index is 11.8. The van der Waals surface area contributed by atoms with Crippen molar-refractivity contribution in [3.05, 3.63) is 22.4 Å². The summed E-state index contributed by atoms with van der Waals surface area (Å²) < 4.78 is 6.27. The summed E-state index contributed by atoms with van der Waals surface area (Å²) in [7, 11) is 0. The number of aromatic nitrogens is 1. The minimum atomic E-state index is 0.0257. The van der Waals surface area contributed by atoms with Crippen molar-refractivity contribution in [2.24, 2.45) is 0 Å². The molecule has 5 heteroatoms. The Labute approximate surface area is 115 Å². The smallest absolute Gasteiger partial charge is 0.224 e. The summed E-state index contributed by atoms with van der Waals surface area (Å²) >= 11 is 3.30.